The van der Waals surface area contributed by atoms with Crippen LogP contribution in [0.5, 0.6) is 5.75 Å². The van der Waals surface area contributed by atoms with Crippen LogP contribution < -0.4 is 9.64 Å². The van der Waals surface area contributed by atoms with E-state index in [2.05, 4.69) is 79.7 Å². The third-order valence-corrected chi connectivity index (χ3v) is 10.0. The minimum Gasteiger partial charge on any atom is -0.487 e. The Morgan fingerprint density at radius 2 is 1.71 bits per heavy atom. The van der Waals surface area contributed by atoms with Crippen molar-refractivity contribution < 1.29 is 14.2 Å². The van der Waals surface area contributed by atoms with Crippen molar-refractivity contribution in [3.63, 3.8) is 0 Å². The molecular formula is C39H46N3O3+. The molecule has 1 fully saturated rings. The minimum absolute atomic E-state index is 0.0544. The highest BCUT2D eigenvalue weighted by Gasteiger charge is 2.48. The van der Waals surface area contributed by atoms with Gasteiger partial charge in [-0.3, -0.25) is 10.1 Å². The molecule has 0 aromatic heterocycles. The number of benzene rings is 3. The Morgan fingerprint density at radius 3 is 2.44 bits per heavy atom. The summed E-state index contributed by atoms with van der Waals surface area (Å²) in [4.78, 5) is 14.0. The predicted octanol–water partition coefficient (Wildman–Crippen LogP) is 9.26. The van der Waals surface area contributed by atoms with Crippen LogP contribution >= 0.6 is 0 Å². The van der Waals surface area contributed by atoms with Crippen LogP contribution in [0.25, 0.3) is 0 Å². The normalized spacial score (nSPS) is 19.1. The molecule has 6 rings (SSSR count). The number of allylic oxidation sites excluding steroid dienone is 4. The molecule has 0 amide bonds. The fourth-order valence-corrected chi connectivity index (χ4v) is 7.72. The molecule has 6 heteroatoms. The lowest BCUT2D eigenvalue weighted by Gasteiger charge is -2.37. The molecule has 0 atom stereocenters. The summed E-state index contributed by atoms with van der Waals surface area (Å²) in [6.07, 6.45) is 14.2. The summed E-state index contributed by atoms with van der Waals surface area (Å²) in [7, 11) is 0. The zero-order valence-corrected chi connectivity index (χ0v) is 27.2. The molecule has 0 unspecified atom stereocenters. The monoisotopic (exact) mass is 604 g/mol. The van der Waals surface area contributed by atoms with Gasteiger partial charge >= 0.3 is 0 Å². The first-order valence-electron chi connectivity index (χ1n) is 16.6. The smallest absolute Gasteiger partial charge is 0.270 e. The van der Waals surface area contributed by atoms with Crippen LogP contribution in [0.15, 0.2) is 96.7 Å². The van der Waals surface area contributed by atoms with Gasteiger partial charge in [0.1, 0.15) is 12.4 Å². The lowest BCUT2D eigenvalue weighted by atomic mass is 9.68. The Balaban J connectivity index is 1.39. The van der Waals surface area contributed by atoms with E-state index in [1.807, 2.05) is 36.4 Å². The van der Waals surface area contributed by atoms with E-state index in [0.717, 1.165) is 35.7 Å². The summed E-state index contributed by atoms with van der Waals surface area (Å²) in [6, 6.07) is 24.2. The van der Waals surface area contributed by atoms with Gasteiger partial charge in [-0.15, -0.1) is 0 Å². The van der Waals surface area contributed by atoms with Gasteiger partial charge in [0.15, 0.2) is 12.3 Å². The van der Waals surface area contributed by atoms with Crippen molar-refractivity contribution in [1.29, 1.82) is 0 Å². The summed E-state index contributed by atoms with van der Waals surface area (Å²) >= 11 is 0. The number of nitro groups is 1. The minimum atomic E-state index is -0.415. The average Bonchev–Trinajstić information content (AvgIpc) is 3.41. The van der Waals surface area contributed by atoms with Gasteiger partial charge in [0.2, 0.25) is 5.69 Å². The molecule has 1 aliphatic carbocycles. The Kier molecular flexibility index (Phi) is 8.67. The van der Waals surface area contributed by atoms with Crippen molar-refractivity contribution in [2.24, 2.45) is 5.92 Å². The third kappa shape index (κ3) is 5.83. The van der Waals surface area contributed by atoms with E-state index in [1.165, 1.54) is 49.1 Å². The number of para-hydroxylation sites is 2. The zero-order chi connectivity index (χ0) is 31.6. The van der Waals surface area contributed by atoms with Crippen molar-refractivity contribution >= 4 is 22.8 Å². The number of ether oxygens (including phenoxy) is 1. The zero-order valence-electron chi connectivity index (χ0n) is 27.2. The van der Waals surface area contributed by atoms with Crippen LogP contribution in [0.3, 0.4) is 0 Å². The van der Waals surface area contributed by atoms with Gasteiger partial charge in [-0.2, -0.15) is 4.58 Å². The molecule has 1 saturated carbocycles. The summed E-state index contributed by atoms with van der Waals surface area (Å²) in [6.45, 7) is 11.1. The van der Waals surface area contributed by atoms with E-state index in [9.17, 15) is 10.1 Å². The first-order chi connectivity index (χ1) is 21.7. The Hall–Kier alpha value is -4.19. The SMILES string of the molecule is CC(C)CCN1/C(=C/C=C/C2=[N+](CCOc3ccccc3)c3ccc([N+](=O)[O-])cc3C2(C)C)C2(CCCCC2)c2ccccc21. The molecule has 2 heterocycles. The van der Waals surface area contributed by atoms with Gasteiger partial charge < -0.3 is 9.64 Å². The topological polar surface area (TPSA) is 58.6 Å². The van der Waals surface area contributed by atoms with E-state index in [0.29, 0.717) is 19.1 Å². The second-order valence-electron chi connectivity index (χ2n) is 13.7. The van der Waals surface area contributed by atoms with Crippen LogP contribution in [0.1, 0.15) is 77.3 Å². The highest BCUT2D eigenvalue weighted by atomic mass is 16.6. The van der Waals surface area contributed by atoms with Crippen LogP contribution in [0, 0.1) is 16.0 Å². The number of anilines is 1. The summed E-state index contributed by atoms with van der Waals surface area (Å²) in [5.41, 5.74) is 7.13. The molecule has 2 aliphatic heterocycles. The molecule has 1 spiro atoms. The van der Waals surface area contributed by atoms with Crippen molar-refractivity contribution in [3.8, 4) is 5.75 Å². The van der Waals surface area contributed by atoms with Crippen LogP contribution in [0.4, 0.5) is 17.1 Å². The standard InChI is InChI=1S/C39H46N3O3/c1-29(2)22-25-40-34-17-10-9-16-32(34)39(23-11-6-12-24-39)37(40)19-13-18-36-38(3,4)33-28-30(42(43)44)20-21-35(33)41(36)26-27-45-31-14-7-5-8-15-31/h5,7-10,13-21,28-29H,6,11-12,22-27H2,1-4H3/q+1. The fourth-order valence-electron chi connectivity index (χ4n) is 7.72. The molecule has 3 aromatic carbocycles. The molecule has 0 saturated heterocycles. The molecule has 234 valence electrons. The van der Waals surface area contributed by atoms with Gasteiger partial charge in [-0.1, -0.05) is 75.6 Å². The third-order valence-electron chi connectivity index (χ3n) is 10.0. The number of fused-ring (bicyclic) bond motifs is 3. The maximum absolute atomic E-state index is 11.7. The maximum Gasteiger partial charge on any atom is 0.270 e. The van der Waals surface area contributed by atoms with Gasteiger partial charge in [-0.05, 0) is 68.9 Å². The maximum atomic E-state index is 11.7. The van der Waals surface area contributed by atoms with E-state index in [4.69, 9.17) is 4.74 Å². The second kappa shape index (κ2) is 12.7. The largest absolute Gasteiger partial charge is 0.487 e. The lowest BCUT2D eigenvalue weighted by molar-refractivity contribution is -0.440. The van der Waals surface area contributed by atoms with Gasteiger partial charge in [0.25, 0.3) is 5.69 Å². The van der Waals surface area contributed by atoms with E-state index in [1.54, 1.807) is 12.1 Å². The highest BCUT2D eigenvalue weighted by Crippen LogP contribution is 2.55. The van der Waals surface area contributed by atoms with Gasteiger partial charge in [-0.25, -0.2) is 0 Å². The van der Waals surface area contributed by atoms with E-state index >= 15 is 0 Å². The number of nitro benzene ring substituents is 1. The molecule has 3 aromatic rings. The Labute approximate surface area is 267 Å². The van der Waals surface area contributed by atoms with Crippen molar-refractivity contribution in [2.45, 2.75) is 77.0 Å². The average molecular weight is 605 g/mol. The summed E-state index contributed by atoms with van der Waals surface area (Å²) < 4.78 is 8.40. The number of rotatable bonds is 10. The van der Waals surface area contributed by atoms with Crippen molar-refractivity contribution in [2.75, 3.05) is 24.6 Å². The quantitative estimate of drug-likeness (QED) is 0.131. The first kappa shape index (κ1) is 30.8. The van der Waals surface area contributed by atoms with Crippen molar-refractivity contribution in [3.05, 3.63) is 118 Å². The molecule has 6 nitrogen and oxygen atoms in total. The molecule has 0 N–H and O–H groups in total. The number of non-ortho nitro benzene ring substituents is 1. The molecular weight excluding hydrogens is 558 g/mol. The Morgan fingerprint density at radius 1 is 0.978 bits per heavy atom. The van der Waals surface area contributed by atoms with Gasteiger partial charge in [0.05, 0.1) is 10.3 Å². The molecule has 45 heavy (non-hydrogen) atoms. The van der Waals surface area contributed by atoms with Gasteiger partial charge in [0, 0.05) is 53.2 Å². The molecule has 3 aliphatic rings. The fraction of sp³-hybridized carbons (Fsp3) is 0.410. The van der Waals surface area contributed by atoms with Crippen LogP contribution in [-0.4, -0.2) is 34.9 Å². The summed E-state index contributed by atoms with van der Waals surface area (Å²) in [5.74, 6) is 1.46. The lowest BCUT2D eigenvalue weighted by Crippen LogP contribution is -2.34. The van der Waals surface area contributed by atoms with Crippen LogP contribution in [-0.2, 0) is 10.8 Å². The number of hydrogen-bond donors (Lipinski definition) is 0. The molecule has 0 radical (unpaired) electrons. The number of hydrogen-bond acceptors (Lipinski definition) is 4. The first-order valence-corrected chi connectivity index (χ1v) is 16.6. The predicted molar refractivity (Wildman–Crippen MR) is 183 cm³/mol. The van der Waals surface area contributed by atoms with Crippen molar-refractivity contribution in [1.82, 2.24) is 0 Å². The highest BCUT2D eigenvalue weighted by molar-refractivity contribution is 6.03. The second-order valence-corrected chi connectivity index (χ2v) is 13.7. The molecule has 0 bridgehead atoms. The van der Waals surface area contributed by atoms with E-state index in [-0.39, 0.29) is 16.0 Å². The van der Waals surface area contributed by atoms with Crippen LogP contribution in [0.2, 0.25) is 0 Å². The Bertz CT molecular complexity index is 1640. The summed E-state index contributed by atoms with van der Waals surface area (Å²) in [5, 5.41) is 11.7. The number of nitrogens with zero attached hydrogens (tertiary/aromatic N) is 3. The van der Waals surface area contributed by atoms with E-state index < -0.39 is 5.41 Å².